The second-order valence-electron chi connectivity index (χ2n) is 2.34. The molecule has 0 saturated heterocycles. The van der Waals surface area contributed by atoms with Crippen molar-refractivity contribution >= 4 is 0 Å². The second kappa shape index (κ2) is 6.09. The molecule has 0 radical (unpaired) electrons. The molecule has 1 heteroatoms. The predicted octanol–water partition coefficient (Wildman–Crippen LogP) is 2.03. The van der Waals surface area contributed by atoms with Crippen molar-refractivity contribution in [2.75, 3.05) is 13.6 Å². The van der Waals surface area contributed by atoms with Gasteiger partial charge in [0.2, 0.25) is 0 Å². The van der Waals surface area contributed by atoms with E-state index < -0.39 is 0 Å². The summed E-state index contributed by atoms with van der Waals surface area (Å²) in [5.41, 5.74) is 0. The molecule has 1 aliphatic rings. The molecule has 0 aromatic carbocycles. The molecule has 0 aromatic heterocycles. The van der Waals surface area contributed by atoms with Crippen molar-refractivity contribution in [2.24, 2.45) is 5.92 Å². The van der Waals surface area contributed by atoms with Crippen molar-refractivity contribution in [1.82, 2.24) is 5.32 Å². The van der Waals surface area contributed by atoms with Gasteiger partial charge in [-0.3, -0.25) is 0 Å². The van der Waals surface area contributed by atoms with Crippen LogP contribution in [0.3, 0.4) is 0 Å². The molecule has 0 heterocycles. The lowest BCUT2D eigenvalue weighted by Crippen LogP contribution is -2.07. The van der Waals surface area contributed by atoms with Gasteiger partial charge in [0.25, 0.3) is 0 Å². The molecule has 0 aromatic rings. The van der Waals surface area contributed by atoms with Gasteiger partial charge >= 0.3 is 0 Å². The van der Waals surface area contributed by atoms with E-state index in [9.17, 15) is 0 Å². The molecule has 0 atom stereocenters. The van der Waals surface area contributed by atoms with Crippen molar-refractivity contribution in [3.05, 3.63) is 0 Å². The van der Waals surface area contributed by atoms with Crippen LogP contribution >= 0.6 is 0 Å². The molecular formula is C8H19N. The number of nitrogens with one attached hydrogen (secondary N) is 1. The van der Waals surface area contributed by atoms with Crippen LogP contribution in [-0.2, 0) is 0 Å². The fourth-order valence-corrected chi connectivity index (χ4v) is 0.755. The highest BCUT2D eigenvalue weighted by molar-refractivity contribution is 4.72. The van der Waals surface area contributed by atoms with Crippen molar-refractivity contribution in [2.45, 2.75) is 33.1 Å². The Morgan fingerprint density at radius 3 is 2.22 bits per heavy atom. The summed E-state index contributed by atoms with van der Waals surface area (Å²) < 4.78 is 0. The molecule has 1 saturated carbocycles. The van der Waals surface area contributed by atoms with Gasteiger partial charge in [0, 0.05) is 0 Å². The Kier molecular flexibility index (Phi) is 6.06. The average Bonchev–Trinajstić information content (AvgIpc) is 2.71. The summed E-state index contributed by atoms with van der Waals surface area (Å²) in [6.45, 7) is 5.21. The molecule has 1 nitrogen and oxygen atoms in total. The van der Waals surface area contributed by atoms with E-state index in [-0.39, 0.29) is 0 Å². The summed E-state index contributed by atoms with van der Waals surface area (Å²) in [6.07, 6.45) is 4.37. The van der Waals surface area contributed by atoms with Gasteiger partial charge in [-0.1, -0.05) is 26.7 Å². The topological polar surface area (TPSA) is 12.0 Å². The first-order valence-electron chi connectivity index (χ1n) is 4.08. The van der Waals surface area contributed by atoms with Crippen molar-refractivity contribution in [1.29, 1.82) is 0 Å². The van der Waals surface area contributed by atoms with Gasteiger partial charge in [0.15, 0.2) is 0 Å². The van der Waals surface area contributed by atoms with Gasteiger partial charge in [-0.05, 0) is 25.9 Å². The van der Waals surface area contributed by atoms with Gasteiger partial charge < -0.3 is 5.32 Å². The Hall–Kier alpha value is -0.0400. The summed E-state index contributed by atoms with van der Waals surface area (Å²) in [4.78, 5) is 0. The van der Waals surface area contributed by atoms with E-state index in [1.807, 2.05) is 20.9 Å². The van der Waals surface area contributed by atoms with E-state index >= 15 is 0 Å². The number of rotatable bonds is 3. The summed E-state index contributed by atoms with van der Waals surface area (Å²) in [7, 11) is 2.02. The summed E-state index contributed by atoms with van der Waals surface area (Å²) >= 11 is 0. The summed E-state index contributed by atoms with van der Waals surface area (Å²) in [5, 5.41) is 3.14. The number of hydrogen-bond acceptors (Lipinski definition) is 1. The average molecular weight is 129 g/mol. The van der Waals surface area contributed by atoms with Crippen LogP contribution < -0.4 is 5.32 Å². The standard InChI is InChI=1S/C6H13N.C2H6/c1-7-5-4-6-2-3-6;1-2/h6-7H,2-5H2,1H3;1-2H3. The first-order chi connectivity index (χ1) is 4.43. The van der Waals surface area contributed by atoms with Crippen LogP contribution in [0.1, 0.15) is 33.1 Å². The van der Waals surface area contributed by atoms with E-state index in [0.717, 1.165) is 5.92 Å². The van der Waals surface area contributed by atoms with Crippen LogP contribution in [0, 0.1) is 5.92 Å². The molecule has 9 heavy (non-hydrogen) atoms. The van der Waals surface area contributed by atoms with Crippen molar-refractivity contribution in [3.8, 4) is 0 Å². The highest BCUT2D eigenvalue weighted by Crippen LogP contribution is 2.31. The first kappa shape index (κ1) is 8.96. The lowest BCUT2D eigenvalue weighted by atomic mass is 10.3. The largest absolute Gasteiger partial charge is 0.320 e. The van der Waals surface area contributed by atoms with E-state index in [1.54, 1.807) is 0 Å². The molecule has 1 aliphatic carbocycles. The molecule has 0 unspecified atom stereocenters. The minimum atomic E-state index is 1.09. The molecule has 1 fully saturated rings. The fourth-order valence-electron chi connectivity index (χ4n) is 0.755. The summed E-state index contributed by atoms with van der Waals surface area (Å²) in [5.74, 6) is 1.09. The minimum absolute atomic E-state index is 1.09. The third-order valence-corrected chi connectivity index (χ3v) is 1.50. The normalized spacial score (nSPS) is 16.3. The Balaban J connectivity index is 0.000000291. The van der Waals surface area contributed by atoms with Crippen LogP contribution in [0.25, 0.3) is 0 Å². The van der Waals surface area contributed by atoms with Gasteiger partial charge in [0.05, 0.1) is 0 Å². The minimum Gasteiger partial charge on any atom is -0.320 e. The smallest absolute Gasteiger partial charge is 0.00493 e. The van der Waals surface area contributed by atoms with Crippen LogP contribution in [0.15, 0.2) is 0 Å². The zero-order valence-corrected chi connectivity index (χ0v) is 6.91. The van der Waals surface area contributed by atoms with Crippen molar-refractivity contribution in [3.63, 3.8) is 0 Å². The van der Waals surface area contributed by atoms with Crippen LogP contribution in [0.2, 0.25) is 0 Å². The van der Waals surface area contributed by atoms with E-state index in [4.69, 9.17) is 0 Å². The quantitative estimate of drug-likeness (QED) is 0.615. The molecule has 0 aliphatic heterocycles. The molecule has 0 spiro atoms. The molecule has 56 valence electrons. The maximum Gasteiger partial charge on any atom is -0.00493 e. The highest BCUT2D eigenvalue weighted by Gasteiger charge is 2.19. The summed E-state index contributed by atoms with van der Waals surface area (Å²) in [6, 6.07) is 0. The Labute approximate surface area is 58.8 Å². The second-order valence-corrected chi connectivity index (χ2v) is 2.34. The Bertz CT molecular complexity index is 48.5. The van der Waals surface area contributed by atoms with E-state index in [2.05, 4.69) is 5.32 Å². The zero-order chi connectivity index (χ0) is 7.11. The SMILES string of the molecule is CC.CNCCC1CC1. The molecule has 0 bridgehead atoms. The van der Waals surface area contributed by atoms with Crippen LogP contribution in [0.4, 0.5) is 0 Å². The van der Waals surface area contributed by atoms with E-state index in [0.29, 0.717) is 0 Å². The zero-order valence-electron chi connectivity index (χ0n) is 6.91. The number of hydrogen-bond donors (Lipinski definition) is 1. The Morgan fingerprint density at radius 1 is 1.33 bits per heavy atom. The maximum absolute atomic E-state index is 3.14. The van der Waals surface area contributed by atoms with E-state index in [1.165, 1.54) is 25.8 Å². The molecule has 1 rings (SSSR count). The van der Waals surface area contributed by atoms with Crippen LogP contribution in [-0.4, -0.2) is 13.6 Å². The maximum atomic E-state index is 3.14. The van der Waals surface area contributed by atoms with Gasteiger partial charge in [0.1, 0.15) is 0 Å². The first-order valence-corrected chi connectivity index (χ1v) is 4.08. The monoisotopic (exact) mass is 129 g/mol. The Morgan fingerprint density at radius 2 is 1.89 bits per heavy atom. The molecule has 1 N–H and O–H groups in total. The third kappa shape index (κ3) is 5.84. The lowest BCUT2D eigenvalue weighted by molar-refractivity contribution is 0.666. The predicted molar refractivity (Wildman–Crippen MR) is 42.6 cm³/mol. The molecule has 0 amide bonds. The van der Waals surface area contributed by atoms with Gasteiger partial charge in [-0.15, -0.1) is 0 Å². The van der Waals surface area contributed by atoms with Crippen LogP contribution in [0.5, 0.6) is 0 Å². The molecular weight excluding hydrogens is 110 g/mol. The third-order valence-electron chi connectivity index (χ3n) is 1.50. The fraction of sp³-hybridized carbons (Fsp3) is 1.00. The van der Waals surface area contributed by atoms with Gasteiger partial charge in [-0.25, -0.2) is 0 Å². The van der Waals surface area contributed by atoms with Crippen molar-refractivity contribution < 1.29 is 0 Å². The van der Waals surface area contributed by atoms with Gasteiger partial charge in [-0.2, -0.15) is 0 Å². The highest BCUT2D eigenvalue weighted by atomic mass is 14.8. The lowest BCUT2D eigenvalue weighted by Gasteiger charge is -1.91.